The lowest BCUT2D eigenvalue weighted by molar-refractivity contribution is -0.134. The number of carbonyl (C=O) groups is 2. The molecule has 2 aromatic rings. The number of rotatable bonds is 4. The largest absolute Gasteiger partial charge is 0.444 e. The van der Waals surface area contributed by atoms with Crippen molar-refractivity contribution in [3.05, 3.63) is 47.7 Å². The lowest BCUT2D eigenvalue weighted by Gasteiger charge is -2.38. The normalized spacial score (nSPS) is 20.2. The molecule has 1 saturated heterocycles. The van der Waals surface area contributed by atoms with Crippen LogP contribution in [0.15, 0.2) is 36.4 Å². The van der Waals surface area contributed by atoms with E-state index in [1.807, 2.05) is 51.1 Å². The van der Waals surface area contributed by atoms with Crippen molar-refractivity contribution < 1.29 is 19.1 Å². The molecule has 29 heavy (non-hydrogen) atoms. The van der Waals surface area contributed by atoms with Gasteiger partial charge in [-0.05, 0) is 51.0 Å². The molecule has 0 spiro atoms. The van der Waals surface area contributed by atoms with E-state index in [0.29, 0.717) is 6.54 Å². The zero-order valence-electron chi connectivity index (χ0n) is 17.5. The number of aryl methyl sites for hydroxylation is 1. The monoisotopic (exact) mass is 396 g/mol. The first-order chi connectivity index (χ1) is 13.7. The Kier molecular flexibility index (Phi) is 6.03. The Morgan fingerprint density at radius 2 is 2.07 bits per heavy atom. The molecule has 1 amide bonds. The number of aldehydes is 1. The van der Waals surface area contributed by atoms with Crippen LogP contribution in [0.25, 0.3) is 17.0 Å². The first kappa shape index (κ1) is 21.0. The van der Waals surface area contributed by atoms with Crippen molar-refractivity contribution in [2.45, 2.75) is 45.3 Å². The van der Waals surface area contributed by atoms with E-state index in [0.717, 1.165) is 34.9 Å². The average molecular weight is 396 g/mol. The number of pyridine rings is 1. The number of amides is 1. The van der Waals surface area contributed by atoms with Crippen molar-refractivity contribution in [2.75, 3.05) is 19.7 Å². The van der Waals surface area contributed by atoms with Gasteiger partial charge in [-0.25, -0.2) is 4.79 Å². The standard InChI is InChI=1S/C23H28N2O4/c1-5-19-9-8-18-7-6-17(14-20(18)24-19)10-11-23(16-26)15-25(12-13-28-23)21(27)29-22(2,3)4/h6-11,14,16H,5,12-13,15H2,1-4H3/b11-10+. The van der Waals surface area contributed by atoms with Crippen LogP contribution in [0, 0.1) is 0 Å². The summed E-state index contributed by atoms with van der Waals surface area (Å²) in [5.41, 5.74) is 1.07. The van der Waals surface area contributed by atoms with Crippen molar-refractivity contribution in [3.8, 4) is 0 Å². The van der Waals surface area contributed by atoms with Crippen LogP contribution in [0.5, 0.6) is 0 Å². The zero-order valence-corrected chi connectivity index (χ0v) is 17.5. The van der Waals surface area contributed by atoms with Gasteiger partial charge >= 0.3 is 6.09 Å². The molecule has 1 aromatic carbocycles. The maximum absolute atomic E-state index is 12.4. The van der Waals surface area contributed by atoms with E-state index in [9.17, 15) is 9.59 Å². The van der Waals surface area contributed by atoms with Gasteiger partial charge in [-0.2, -0.15) is 0 Å². The van der Waals surface area contributed by atoms with Gasteiger partial charge in [0.25, 0.3) is 0 Å². The first-order valence-electron chi connectivity index (χ1n) is 9.91. The molecule has 3 rings (SSSR count). The van der Waals surface area contributed by atoms with Gasteiger partial charge in [0, 0.05) is 17.6 Å². The fourth-order valence-corrected chi connectivity index (χ4v) is 3.18. The van der Waals surface area contributed by atoms with Crippen LogP contribution in [-0.2, 0) is 20.7 Å². The highest BCUT2D eigenvalue weighted by Crippen LogP contribution is 2.23. The molecular weight excluding hydrogens is 368 g/mol. The van der Waals surface area contributed by atoms with Crippen LogP contribution in [0.3, 0.4) is 0 Å². The highest BCUT2D eigenvalue weighted by atomic mass is 16.6. The molecule has 1 aliphatic rings. The maximum atomic E-state index is 12.4. The number of nitrogens with zero attached hydrogens (tertiary/aromatic N) is 2. The Bertz CT molecular complexity index is 932. The van der Waals surface area contributed by atoms with Crippen molar-refractivity contribution in [1.29, 1.82) is 0 Å². The molecular formula is C23H28N2O4. The van der Waals surface area contributed by atoms with Gasteiger partial charge in [0.1, 0.15) is 5.60 Å². The molecule has 1 aromatic heterocycles. The summed E-state index contributed by atoms with van der Waals surface area (Å²) in [6.07, 6.45) is 4.73. The Balaban J connectivity index is 1.80. The second-order valence-electron chi connectivity index (χ2n) is 8.26. The van der Waals surface area contributed by atoms with E-state index < -0.39 is 17.3 Å². The van der Waals surface area contributed by atoms with Gasteiger partial charge in [-0.3, -0.25) is 9.78 Å². The maximum Gasteiger partial charge on any atom is 0.410 e. The van der Waals surface area contributed by atoms with Crippen LogP contribution in [0.2, 0.25) is 0 Å². The first-order valence-corrected chi connectivity index (χ1v) is 9.91. The highest BCUT2D eigenvalue weighted by Gasteiger charge is 2.37. The van der Waals surface area contributed by atoms with E-state index >= 15 is 0 Å². The summed E-state index contributed by atoms with van der Waals surface area (Å²) < 4.78 is 11.2. The van der Waals surface area contributed by atoms with Crippen LogP contribution in [0.1, 0.15) is 39.0 Å². The van der Waals surface area contributed by atoms with Gasteiger partial charge in [0.15, 0.2) is 11.9 Å². The zero-order chi connectivity index (χ0) is 21.1. The molecule has 1 atom stereocenters. The predicted molar refractivity (Wildman–Crippen MR) is 113 cm³/mol. The molecule has 154 valence electrons. The number of carbonyl (C=O) groups excluding carboxylic acids is 2. The second kappa shape index (κ2) is 8.33. The summed E-state index contributed by atoms with van der Waals surface area (Å²) in [7, 11) is 0. The second-order valence-corrected chi connectivity index (χ2v) is 8.26. The third kappa shape index (κ3) is 5.21. The summed E-state index contributed by atoms with van der Waals surface area (Å²) >= 11 is 0. The van der Waals surface area contributed by atoms with E-state index in [4.69, 9.17) is 9.47 Å². The molecule has 1 unspecified atom stereocenters. The number of fused-ring (bicyclic) bond motifs is 1. The third-order valence-electron chi connectivity index (χ3n) is 4.72. The number of benzene rings is 1. The minimum absolute atomic E-state index is 0.119. The Hall–Kier alpha value is -2.73. The van der Waals surface area contributed by atoms with Gasteiger partial charge in [0.2, 0.25) is 0 Å². The van der Waals surface area contributed by atoms with Crippen molar-refractivity contribution in [1.82, 2.24) is 9.88 Å². The summed E-state index contributed by atoms with van der Waals surface area (Å²) in [5.74, 6) is 0. The number of aromatic nitrogens is 1. The molecule has 1 fully saturated rings. The van der Waals surface area contributed by atoms with Crippen LogP contribution < -0.4 is 0 Å². The van der Waals surface area contributed by atoms with E-state index in [-0.39, 0.29) is 13.2 Å². The lowest BCUT2D eigenvalue weighted by atomic mass is 10.0. The molecule has 0 saturated carbocycles. The molecule has 0 bridgehead atoms. The molecule has 0 aliphatic carbocycles. The lowest BCUT2D eigenvalue weighted by Crippen LogP contribution is -2.54. The van der Waals surface area contributed by atoms with Gasteiger partial charge < -0.3 is 14.4 Å². The Morgan fingerprint density at radius 3 is 2.76 bits per heavy atom. The minimum atomic E-state index is -1.19. The summed E-state index contributed by atoms with van der Waals surface area (Å²) in [5, 5.41) is 1.06. The predicted octanol–water partition coefficient (Wildman–Crippen LogP) is 4.02. The van der Waals surface area contributed by atoms with Crippen molar-refractivity contribution in [3.63, 3.8) is 0 Å². The quantitative estimate of drug-likeness (QED) is 0.730. The van der Waals surface area contributed by atoms with Gasteiger partial charge in [-0.1, -0.05) is 31.2 Å². The molecule has 0 radical (unpaired) electrons. The summed E-state index contributed by atoms with van der Waals surface area (Å²) in [4.78, 5) is 30.5. The molecule has 6 heteroatoms. The summed E-state index contributed by atoms with van der Waals surface area (Å²) in [6.45, 7) is 8.29. The van der Waals surface area contributed by atoms with Crippen LogP contribution in [-0.4, -0.2) is 53.2 Å². The fraction of sp³-hybridized carbons (Fsp3) is 0.435. The Labute approximate surface area is 171 Å². The van der Waals surface area contributed by atoms with Gasteiger partial charge in [-0.15, -0.1) is 0 Å². The number of morpholine rings is 1. The van der Waals surface area contributed by atoms with Crippen molar-refractivity contribution in [2.24, 2.45) is 0 Å². The molecule has 0 N–H and O–H groups in total. The fourth-order valence-electron chi connectivity index (χ4n) is 3.18. The smallest absolute Gasteiger partial charge is 0.410 e. The van der Waals surface area contributed by atoms with Crippen LogP contribution >= 0.6 is 0 Å². The molecule has 2 heterocycles. The highest BCUT2D eigenvalue weighted by molar-refractivity contribution is 5.82. The topological polar surface area (TPSA) is 68.7 Å². The molecule has 1 aliphatic heterocycles. The van der Waals surface area contributed by atoms with Gasteiger partial charge in [0.05, 0.1) is 18.7 Å². The third-order valence-corrected chi connectivity index (χ3v) is 4.72. The number of ether oxygens (including phenoxy) is 2. The number of hydrogen-bond acceptors (Lipinski definition) is 5. The van der Waals surface area contributed by atoms with Crippen molar-refractivity contribution >= 4 is 29.4 Å². The molecule has 6 nitrogen and oxygen atoms in total. The average Bonchev–Trinajstić information content (AvgIpc) is 2.70. The summed E-state index contributed by atoms with van der Waals surface area (Å²) in [6, 6.07) is 10.0. The van der Waals surface area contributed by atoms with E-state index in [1.165, 1.54) is 4.90 Å². The van der Waals surface area contributed by atoms with E-state index in [2.05, 4.69) is 18.0 Å². The van der Waals surface area contributed by atoms with Crippen LogP contribution in [0.4, 0.5) is 4.79 Å². The Morgan fingerprint density at radius 1 is 1.31 bits per heavy atom. The minimum Gasteiger partial charge on any atom is -0.444 e. The number of hydrogen-bond donors (Lipinski definition) is 0. The van der Waals surface area contributed by atoms with E-state index in [1.54, 1.807) is 6.08 Å². The SMILES string of the molecule is CCc1ccc2ccc(/C=C/C3(C=O)CN(C(=O)OC(C)(C)C)CCO3)cc2n1.